The fourth-order valence-electron chi connectivity index (χ4n) is 2.78. The van der Waals surface area contributed by atoms with E-state index in [1.165, 1.54) is 47.4 Å². The normalized spacial score (nSPS) is 15.9. The smallest absolute Gasteiger partial charge is 0.123 e. The van der Waals surface area contributed by atoms with Crippen LogP contribution < -0.4 is 5.32 Å². The molecule has 20 heavy (non-hydrogen) atoms. The van der Waals surface area contributed by atoms with Crippen molar-refractivity contribution in [2.45, 2.75) is 52.1 Å². The van der Waals surface area contributed by atoms with Crippen molar-refractivity contribution < 1.29 is 0 Å². The Labute approximate surface area is 125 Å². The first-order valence-corrected chi connectivity index (χ1v) is 8.31. The van der Waals surface area contributed by atoms with Crippen LogP contribution in [0.1, 0.15) is 41.8 Å². The monoisotopic (exact) mass is 286 g/mol. The largest absolute Gasteiger partial charge is 0.309 e. The van der Waals surface area contributed by atoms with Crippen LogP contribution in [0.2, 0.25) is 0 Å². The fraction of sp³-hybridized carbons (Fsp3) is 0.471. The van der Waals surface area contributed by atoms with Crippen LogP contribution in [0.3, 0.4) is 0 Å². The van der Waals surface area contributed by atoms with E-state index in [4.69, 9.17) is 4.98 Å². The van der Waals surface area contributed by atoms with Crippen molar-refractivity contribution in [3.8, 4) is 10.6 Å². The molecule has 1 aliphatic rings. The number of nitrogens with zero attached hydrogens (tertiary/aromatic N) is 1. The molecule has 1 fully saturated rings. The van der Waals surface area contributed by atoms with E-state index in [0.29, 0.717) is 0 Å². The molecule has 0 bridgehead atoms. The lowest BCUT2D eigenvalue weighted by Gasteiger charge is -2.10. The van der Waals surface area contributed by atoms with E-state index in [2.05, 4.69) is 43.4 Å². The molecule has 0 spiro atoms. The number of rotatable bonds is 4. The summed E-state index contributed by atoms with van der Waals surface area (Å²) in [7, 11) is 0. The number of aryl methyl sites for hydroxylation is 2. The van der Waals surface area contributed by atoms with Gasteiger partial charge in [-0.2, -0.15) is 0 Å². The van der Waals surface area contributed by atoms with Gasteiger partial charge < -0.3 is 5.32 Å². The average molecular weight is 286 g/mol. The van der Waals surface area contributed by atoms with Crippen molar-refractivity contribution >= 4 is 11.3 Å². The first-order chi connectivity index (χ1) is 9.72. The van der Waals surface area contributed by atoms with Gasteiger partial charge in [-0.25, -0.2) is 4.98 Å². The highest BCUT2D eigenvalue weighted by Crippen LogP contribution is 2.28. The molecular weight excluding hydrogens is 264 g/mol. The molecule has 0 saturated heterocycles. The average Bonchev–Trinajstić information content (AvgIpc) is 3.07. The Hall–Kier alpha value is -1.19. The van der Waals surface area contributed by atoms with E-state index >= 15 is 0 Å². The van der Waals surface area contributed by atoms with Crippen LogP contribution in [0.4, 0.5) is 0 Å². The lowest BCUT2D eigenvalue weighted by Crippen LogP contribution is -2.25. The molecule has 0 amide bonds. The topological polar surface area (TPSA) is 24.9 Å². The molecule has 1 N–H and O–H groups in total. The lowest BCUT2D eigenvalue weighted by atomic mass is 10.2. The molecule has 3 heteroatoms. The number of hydrogen-bond donors (Lipinski definition) is 1. The summed E-state index contributed by atoms with van der Waals surface area (Å²) >= 11 is 1.83. The Bertz CT molecular complexity index is 565. The fourth-order valence-corrected chi connectivity index (χ4v) is 3.80. The quantitative estimate of drug-likeness (QED) is 0.897. The van der Waals surface area contributed by atoms with Crippen LogP contribution in [0.25, 0.3) is 10.6 Å². The molecule has 0 radical (unpaired) electrons. The maximum atomic E-state index is 4.73. The van der Waals surface area contributed by atoms with Crippen LogP contribution in [0, 0.1) is 13.8 Å². The standard InChI is InChI=1S/C17H22N2S/c1-12-7-9-14(10-8-12)17-19-13(2)16(20-17)11-18-15-5-3-4-6-15/h7-10,15,18H,3-6,11H2,1-2H3. The predicted molar refractivity (Wildman–Crippen MR) is 86.1 cm³/mol. The maximum Gasteiger partial charge on any atom is 0.123 e. The molecule has 3 rings (SSSR count). The summed E-state index contributed by atoms with van der Waals surface area (Å²) in [5, 5.41) is 4.83. The summed E-state index contributed by atoms with van der Waals surface area (Å²) in [6.07, 6.45) is 5.44. The minimum Gasteiger partial charge on any atom is -0.309 e. The second kappa shape index (κ2) is 6.06. The molecule has 1 aromatic carbocycles. The van der Waals surface area contributed by atoms with Crippen LogP contribution in [0.15, 0.2) is 24.3 Å². The number of thiazole rings is 1. The molecule has 0 unspecified atom stereocenters. The summed E-state index contributed by atoms with van der Waals surface area (Å²) in [4.78, 5) is 6.12. The Morgan fingerprint density at radius 3 is 2.55 bits per heavy atom. The second-order valence-corrected chi connectivity index (χ2v) is 6.84. The van der Waals surface area contributed by atoms with Crippen molar-refractivity contribution in [2.24, 2.45) is 0 Å². The Morgan fingerprint density at radius 2 is 1.85 bits per heavy atom. The molecule has 0 atom stereocenters. The summed E-state index contributed by atoms with van der Waals surface area (Å²) in [6, 6.07) is 9.37. The third-order valence-electron chi connectivity index (χ3n) is 4.10. The van der Waals surface area contributed by atoms with E-state index in [9.17, 15) is 0 Å². The highest BCUT2D eigenvalue weighted by Gasteiger charge is 2.15. The van der Waals surface area contributed by atoms with E-state index < -0.39 is 0 Å². The molecule has 1 heterocycles. The van der Waals surface area contributed by atoms with Crippen LogP contribution in [0.5, 0.6) is 0 Å². The third-order valence-corrected chi connectivity index (χ3v) is 5.30. The predicted octanol–water partition coefficient (Wildman–Crippen LogP) is 4.46. The van der Waals surface area contributed by atoms with Crippen molar-refractivity contribution in [3.05, 3.63) is 40.4 Å². The zero-order valence-corrected chi connectivity index (χ0v) is 13.1. The van der Waals surface area contributed by atoms with Gasteiger partial charge in [-0.15, -0.1) is 11.3 Å². The SMILES string of the molecule is Cc1ccc(-c2nc(C)c(CNC3CCCC3)s2)cc1. The second-order valence-electron chi connectivity index (χ2n) is 5.76. The number of benzene rings is 1. The van der Waals surface area contributed by atoms with Gasteiger partial charge in [-0.05, 0) is 26.7 Å². The molecule has 2 nitrogen and oxygen atoms in total. The minimum absolute atomic E-state index is 0.722. The summed E-state index contributed by atoms with van der Waals surface area (Å²) in [5.41, 5.74) is 3.71. The van der Waals surface area contributed by atoms with Gasteiger partial charge in [0.15, 0.2) is 0 Å². The number of aromatic nitrogens is 1. The lowest BCUT2D eigenvalue weighted by molar-refractivity contribution is 0.526. The zero-order chi connectivity index (χ0) is 13.9. The molecular formula is C17H22N2S. The van der Waals surface area contributed by atoms with Crippen molar-refractivity contribution in [3.63, 3.8) is 0 Å². The van der Waals surface area contributed by atoms with Gasteiger partial charge in [0.2, 0.25) is 0 Å². The highest BCUT2D eigenvalue weighted by molar-refractivity contribution is 7.15. The van der Waals surface area contributed by atoms with Crippen molar-refractivity contribution in [1.29, 1.82) is 0 Å². The van der Waals surface area contributed by atoms with Gasteiger partial charge in [0.05, 0.1) is 5.69 Å². The molecule has 2 aromatic rings. The Morgan fingerprint density at radius 1 is 1.15 bits per heavy atom. The van der Waals surface area contributed by atoms with Gasteiger partial charge in [0, 0.05) is 23.0 Å². The Kier molecular flexibility index (Phi) is 4.18. The van der Waals surface area contributed by atoms with Crippen LogP contribution in [-0.2, 0) is 6.54 Å². The van der Waals surface area contributed by atoms with E-state index in [1.807, 2.05) is 11.3 Å². The minimum atomic E-state index is 0.722. The van der Waals surface area contributed by atoms with Gasteiger partial charge in [-0.1, -0.05) is 42.7 Å². The summed E-state index contributed by atoms with van der Waals surface area (Å²) in [6.45, 7) is 5.22. The number of hydrogen-bond acceptors (Lipinski definition) is 3. The molecule has 1 saturated carbocycles. The van der Waals surface area contributed by atoms with Gasteiger partial charge in [-0.3, -0.25) is 0 Å². The first kappa shape index (κ1) is 13.8. The Balaban J connectivity index is 1.71. The van der Waals surface area contributed by atoms with Crippen LogP contribution >= 0.6 is 11.3 Å². The van der Waals surface area contributed by atoms with Crippen molar-refractivity contribution in [1.82, 2.24) is 10.3 Å². The molecule has 106 valence electrons. The zero-order valence-electron chi connectivity index (χ0n) is 12.3. The summed E-state index contributed by atoms with van der Waals surface area (Å²) < 4.78 is 0. The molecule has 1 aliphatic carbocycles. The van der Waals surface area contributed by atoms with Gasteiger partial charge in [0.25, 0.3) is 0 Å². The van der Waals surface area contributed by atoms with Crippen LogP contribution in [-0.4, -0.2) is 11.0 Å². The van der Waals surface area contributed by atoms with E-state index in [-0.39, 0.29) is 0 Å². The molecule has 1 aromatic heterocycles. The van der Waals surface area contributed by atoms with E-state index in [0.717, 1.165) is 17.6 Å². The highest BCUT2D eigenvalue weighted by atomic mass is 32.1. The van der Waals surface area contributed by atoms with E-state index in [1.54, 1.807) is 0 Å². The first-order valence-electron chi connectivity index (χ1n) is 7.49. The molecule has 0 aliphatic heterocycles. The summed E-state index contributed by atoms with van der Waals surface area (Å²) in [5.74, 6) is 0. The van der Waals surface area contributed by atoms with Gasteiger partial charge in [0.1, 0.15) is 5.01 Å². The maximum absolute atomic E-state index is 4.73. The van der Waals surface area contributed by atoms with Crippen molar-refractivity contribution in [2.75, 3.05) is 0 Å². The third kappa shape index (κ3) is 3.10. The number of nitrogens with one attached hydrogen (secondary N) is 1. The van der Waals surface area contributed by atoms with Gasteiger partial charge >= 0.3 is 0 Å².